The van der Waals surface area contributed by atoms with Crippen molar-refractivity contribution in [3.63, 3.8) is 0 Å². The van der Waals surface area contributed by atoms with E-state index in [0.29, 0.717) is 16.9 Å². The van der Waals surface area contributed by atoms with Crippen molar-refractivity contribution in [1.82, 2.24) is 0 Å². The van der Waals surface area contributed by atoms with E-state index in [-0.39, 0.29) is 0 Å². The summed E-state index contributed by atoms with van der Waals surface area (Å²) >= 11 is 7.62. The molecule has 0 aliphatic heterocycles. The number of carbonyl (C=O) groups excluding carboxylic acids is 1. The Morgan fingerprint density at radius 2 is 2.05 bits per heavy atom. The quantitative estimate of drug-likeness (QED) is 0.621. The molecule has 0 bridgehead atoms. The third kappa shape index (κ3) is 3.37. The molecule has 0 saturated carbocycles. The van der Waals surface area contributed by atoms with Crippen molar-refractivity contribution in [3.05, 3.63) is 64.2 Å². The first-order valence-corrected chi connectivity index (χ1v) is 6.96. The Morgan fingerprint density at radius 1 is 1.26 bits per heavy atom. The Morgan fingerprint density at radius 3 is 2.74 bits per heavy atom. The summed E-state index contributed by atoms with van der Waals surface area (Å²) < 4.78 is 0. The van der Waals surface area contributed by atoms with Crippen LogP contribution in [0.2, 0.25) is 5.02 Å². The van der Waals surface area contributed by atoms with Crippen LogP contribution in [0.1, 0.15) is 21.5 Å². The van der Waals surface area contributed by atoms with Gasteiger partial charge in [0.2, 0.25) is 0 Å². The van der Waals surface area contributed by atoms with E-state index in [0.717, 1.165) is 21.8 Å². The number of carbonyl (C=O) groups is 1. The highest BCUT2D eigenvalue weighted by Crippen LogP contribution is 2.29. The number of thioether (sulfide) groups is 1. The molecule has 19 heavy (non-hydrogen) atoms. The number of nitriles is 1. The molecule has 0 radical (unpaired) electrons. The Bertz CT molecular complexity index is 649. The predicted octanol–water partition coefficient (Wildman–Crippen LogP) is 4.32. The molecule has 94 valence electrons. The van der Waals surface area contributed by atoms with Crippen LogP contribution in [0.3, 0.4) is 0 Å². The van der Waals surface area contributed by atoms with Crippen LogP contribution in [-0.2, 0) is 5.75 Å². The minimum Gasteiger partial charge on any atom is -0.298 e. The highest BCUT2D eigenvalue weighted by Gasteiger charge is 2.06. The second kappa shape index (κ2) is 6.42. The van der Waals surface area contributed by atoms with Gasteiger partial charge in [0.1, 0.15) is 12.4 Å². The standard InChI is InChI=1S/C15H10ClNOS/c16-14-4-2-1-3-12(14)10-19-15-6-5-11(9-18)7-13(15)8-17/h1-7,9H,10H2. The van der Waals surface area contributed by atoms with Crippen LogP contribution in [0.4, 0.5) is 0 Å². The molecule has 2 aromatic carbocycles. The summed E-state index contributed by atoms with van der Waals surface area (Å²) in [5.41, 5.74) is 2.05. The molecular formula is C15H10ClNOS. The van der Waals surface area contributed by atoms with Crippen LogP contribution < -0.4 is 0 Å². The molecule has 4 heteroatoms. The molecule has 0 fully saturated rings. The van der Waals surface area contributed by atoms with Crippen molar-refractivity contribution in [2.45, 2.75) is 10.6 Å². The fourth-order valence-electron chi connectivity index (χ4n) is 1.61. The third-order valence-corrected chi connectivity index (χ3v) is 4.09. The lowest BCUT2D eigenvalue weighted by Gasteiger charge is -2.06. The van der Waals surface area contributed by atoms with Crippen LogP contribution in [0.15, 0.2) is 47.4 Å². The summed E-state index contributed by atoms with van der Waals surface area (Å²) in [6, 6.07) is 14.8. The van der Waals surface area contributed by atoms with Crippen LogP contribution in [-0.4, -0.2) is 6.29 Å². The Kier molecular flexibility index (Phi) is 4.62. The van der Waals surface area contributed by atoms with Crippen molar-refractivity contribution in [1.29, 1.82) is 5.26 Å². The lowest BCUT2D eigenvalue weighted by atomic mass is 10.1. The molecule has 2 aromatic rings. The number of hydrogen-bond acceptors (Lipinski definition) is 3. The van der Waals surface area contributed by atoms with Gasteiger partial charge in [-0.3, -0.25) is 4.79 Å². The molecule has 0 aliphatic carbocycles. The fraction of sp³-hybridized carbons (Fsp3) is 0.0667. The summed E-state index contributed by atoms with van der Waals surface area (Å²) in [5.74, 6) is 0.689. The maximum Gasteiger partial charge on any atom is 0.150 e. The van der Waals surface area contributed by atoms with Gasteiger partial charge in [-0.1, -0.05) is 35.9 Å². The molecule has 2 rings (SSSR count). The summed E-state index contributed by atoms with van der Waals surface area (Å²) in [5, 5.41) is 9.81. The second-order valence-electron chi connectivity index (χ2n) is 3.87. The first kappa shape index (κ1) is 13.7. The van der Waals surface area contributed by atoms with Crippen molar-refractivity contribution in [2.24, 2.45) is 0 Å². The van der Waals surface area contributed by atoms with E-state index in [1.54, 1.807) is 18.2 Å². The lowest BCUT2D eigenvalue weighted by Crippen LogP contribution is -1.88. The fourth-order valence-corrected chi connectivity index (χ4v) is 2.87. The molecule has 0 unspecified atom stereocenters. The molecule has 0 heterocycles. The van der Waals surface area contributed by atoms with Crippen molar-refractivity contribution in [3.8, 4) is 6.07 Å². The average Bonchev–Trinajstić information content (AvgIpc) is 2.46. The van der Waals surface area contributed by atoms with Gasteiger partial charge in [0.15, 0.2) is 0 Å². The van der Waals surface area contributed by atoms with Gasteiger partial charge >= 0.3 is 0 Å². The molecule has 0 saturated heterocycles. The molecule has 0 aliphatic rings. The number of halogens is 1. The highest BCUT2D eigenvalue weighted by molar-refractivity contribution is 7.98. The molecule has 0 N–H and O–H groups in total. The van der Waals surface area contributed by atoms with Crippen LogP contribution in [0.5, 0.6) is 0 Å². The maximum atomic E-state index is 10.7. The number of rotatable bonds is 4. The monoisotopic (exact) mass is 287 g/mol. The molecule has 2 nitrogen and oxygen atoms in total. The first-order chi connectivity index (χ1) is 9.24. The smallest absolute Gasteiger partial charge is 0.150 e. The van der Waals surface area contributed by atoms with E-state index in [1.807, 2.05) is 24.3 Å². The molecule has 0 aromatic heterocycles. The topological polar surface area (TPSA) is 40.9 Å². The second-order valence-corrected chi connectivity index (χ2v) is 5.29. The molecule has 0 atom stereocenters. The zero-order valence-electron chi connectivity index (χ0n) is 9.97. The summed E-state index contributed by atoms with van der Waals surface area (Å²) in [4.78, 5) is 11.5. The van der Waals surface area contributed by atoms with Gasteiger partial charge in [-0.15, -0.1) is 11.8 Å². The van der Waals surface area contributed by atoms with Gasteiger partial charge < -0.3 is 0 Å². The Hall–Kier alpha value is -1.76. The van der Waals surface area contributed by atoms with Gasteiger partial charge in [0, 0.05) is 21.2 Å². The summed E-state index contributed by atoms with van der Waals surface area (Å²) in [7, 11) is 0. The van der Waals surface area contributed by atoms with Crippen molar-refractivity contribution in [2.75, 3.05) is 0 Å². The molecule has 0 amide bonds. The van der Waals surface area contributed by atoms with E-state index >= 15 is 0 Å². The molecular weight excluding hydrogens is 278 g/mol. The largest absolute Gasteiger partial charge is 0.298 e. The van der Waals surface area contributed by atoms with Gasteiger partial charge in [-0.2, -0.15) is 5.26 Å². The number of aldehydes is 1. The van der Waals surface area contributed by atoms with Gasteiger partial charge in [0.25, 0.3) is 0 Å². The Balaban J connectivity index is 2.18. The van der Waals surface area contributed by atoms with Crippen molar-refractivity contribution < 1.29 is 4.79 Å². The minimum atomic E-state index is 0.513. The lowest BCUT2D eigenvalue weighted by molar-refractivity contribution is 0.112. The van der Waals surface area contributed by atoms with Crippen LogP contribution in [0, 0.1) is 11.3 Å². The highest BCUT2D eigenvalue weighted by atomic mass is 35.5. The zero-order valence-corrected chi connectivity index (χ0v) is 11.5. The maximum absolute atomic E-state index is 10.7. The predicted molar refractivity (Wildman–Crippen MR) is 77.6 cm³/mol. The van der Waals surface area contributed by atoms with E-state index in [4.69, 9.17) is 16.9 Å². The van der Waals surface area contributed by atoms with Gasteiger partial charge in [-0.05, 0) is 23.8 Å². The van der Waals surface area contributed by atoms with E-state index < -0.39 is 0 Å². The van der Waals surface area contributed by atoms with Gasteiger partial charge in [-0.25, -0.2) is 0 Å². The van der Waals surface area contributed by atoms with Crippen molar-refractivity contribution >= 4 is 29.6 Å². The normalized spacial score (nSPS) is 9.89. The minimum absolute atomic E-state index is 0.513. The van der Waals surface area contributed by atoms with Crippen LogP contribution in [0.25, 0.3) is 0 Å². The Labute approximate surface area is 121 Å². The van der Waals surface area contributed by atoms with E-state index in [9.17, 15) is 4.79 Å². The number of hydrogen-bond donors (Lipinski definition) is 0. The van der Waals surface area contributed by atoms with E-state index in [1.165, 1.54) is 11.8 Å². The van der Waals surface area contributed by atoms with Gasteiger partial charge in [0.05, 0.1) is 5.56 Å². The first-order valence-electron chi connectivity index (χ1n) is 5.60. The summed E-state index contributed by atoms with van der Waals surface area (Å²) in [6.45, 7) is 0. The zero-order chi connectivity index (χ0) is 13.7. The summed E-state index contributed by atoms with van der Waals surface area (Å²) in [6.07, 6.45) is 0.739. The van der Waals surface area contributed by atoms with Crippen LogP contribution >= 0.6 is 23.4 Å². The average molecular weight is 288 g/mol. The van der Waals surface area contributed by atoms with E-state index in [2.05, 4.69) is 6.07 Å². The number of nitrogens with zero attached hydrogens (tertiary/aromatic N) is 1. The number of benzene rings is 2. The SMILES string of the molecule is N#Cc1cc(C=O)ccc1SCc1ccccc1Cl. The third-order valence-electron chi connectivity index (χ3n) is 2.60. The molecule has 0 spiro atoms.